The fourth-order valence-electron chi connectivity index (χ4n) is 2.47. The van der Waals surface area contributed by atoms with Crippen molar-refractivity contribution in [2.24, 2.45) is 0 Å². The number of likely N-dealkylation sites (tertiary alicyclic amines) is 1. The van der Waals surface area contributed by atoms with E-state index >= 15 is 0 Å². The van der Waals surface area contributed by atoms with E-state index in [1.54, 1.807) is 4.90 Å². The molecule has 2 rings (SSSR count). The minimum absolute atomic E-state index is 0.0465. The van der Waals surface area contributed by atoms with Crippen LogP contribution in [0.4, 0.5) is 0 Å². The van der Waals surface area contributed by atoms with Gasteiger partial charge in [0, 0.05) is 31.6 Å². The van der Waals surface area contributed by atoms with E-state index in [0.29, 0.717) is 25.0 Å². The average Bonchev–Trinajstić information content (AvgIpc) is 3.02. The van der Waals surface area contributed by atoms with Gasteiger partial charge in [0.1, 0.15) is 6.04 Å². The Kier molecular flexibility index (Phi) is 4.80. The van der Waals surface area contributed by atoms with Crippen LogP contribution in [0.2, 0.25) is 0 Å². The van der Waals surface area contributed by atoms with Crippen molar-refractivity contribution < 1.29 is 9.59 Å². The van der Waals surface area contributed by atoms with E-state index in [1.807, 2.05) is 0 Å². The lowest BCUT2D eigenvalue weighted by molar-refractivity contribution is -0.138. The van der Waals surface area contributed by atoms with Crippen LogP contribution in [-0.2, 0) is 9.59 Å². The SMILES string of the molecule is CC(C)NCCC(=O)N1CCCC1C(=O)NC1CC1. The number of carbonyl (C=O) groups is 2. The largest absolute Gasteiger partial charge is 0.352 e. The van der Waals surface area contributed by atoms with Gasteiger partial charge in [0.15, 0.2) is 0 Å². The van der Waals surface area contributed by atoms with Gasteiger partial charge in [-0.15, -0.1) is 0 Å². The number of amides is 2. The second-order valence-corrected chi connectivity index (χ2v) is 5.89. The summed E-state index contributed by atoms with van der Waals surface area (Å²) >= 11 is 0. The van der Waals surface area contributed by atoms with Gasteiger partial charge in [0.2, 0.25) is 11.8 Å². The summed E-state index contributed by atoms with van der Waals surface area (Å²) in [6, 6.07) is 0.528. The van der Waals surface area contributed by atoms with Crippen LogP contribution in [0.25, 0.3) is 0 Å². The third-order valence-corrected chi connectivity index (χ3v) is 3.69. The van der Waals surface area contributed by atoms with Gasteiger partial charge < -0.3 is 15.5 Å². The summed E-state index contributed by atoms with van der Waals surface area (Å²) in [7, 11) is 0. The smallest absolute Gasteiger partial charge is 0.243 e. The molecule has 0 radical (unpaired) electrons. The maximum atomic E-state index is 12.1. The molecule has 2 fully saturated rings. The van der Waals surface area contributed by atoms with Gasteiger partial charge >= 0.3 is 0 Å². The van der Waals surface area contributed by atoms with Crippen molar-refractivity contribution in [3.8, 4) is 0 Å². The molecule has 1 saturated heterocycles. The molecule has 0 spiro atoms. The first-order chi connectivity index (χ1) is 9.08. The molecule has 1 saturated carbocycles. The van der Waals surface area contributed by atoms with Crippen LogP contribution in [-0.4, -0.2) is 47.9 Å². The third kappa shape index (κ3) is 4.20. The van der Waals surface area contributed by atoms with E-state index in [4.69, 9.17) is 0 Å². The molecule has 108 valence electrons. The van der Waals surface area contributed by atoms with E-state index in [1.165, 1.54) is 0 Å². The average molecular weight is 267 g/mol. The molecule has 0 aromatic carbocycles. The topological polar surface area (TPSA) is 61.4 Å². The first kappa shape index (κ1) is 14.3. The fourth-order valence-corrected chi connectivity index (χ4v) is 2.47. The van der Waals surface area contributed by atoms with Crippen molar-refractivity contribution >= 4 is 11.8 Å². The van der Waals surface area contributed by atoms with Crippen molar-refractivity contribution in [2.45, 2.75) is 64.1 Å². The van der Waals surface area contributed by atoms with Gasteiger partial charge in [-0.3, -0.25) is 9.59 Å². The second-order valence-electron chi connectivity index (χ2n) is 5.89. The molecule has 5 heteroatoms. The highest BCUT2D eigenvalue weighted by molar-refractivity contribution is 5.88. The zero-order chi connectivity index (χ0) is 13.8. The Morgan fingerprint density at radius 1 is 1.26 bits per heavy atom. The van der Waals surface area contributed by atoms with Crippen LogP contribution in [0.3, 0.4) is 0 Å². The summed E-state index contributed by atoms with van der Waals surface area (Å²) in [5.41, 5.74) is 0. The van der Waals surface area contributed by atoms with Gasteiger partial charge in [-0.1, -0.05) is 13.8 Å². The highest BCUT2D eigenvalue weighted by atomic mass is 16.2. The Bertz CT molecular complexity index is 340. The minimum atomic E-state index is -0.229. The highest BCUT2D eigenvalue weighted by Crippen LogP contribution is 2.22. The zero-order valence-corrected chi connectivity index (χ0v) is 11.9. The molecule has 1 unspecified atom stereocenters. The van der Waals surface area contributed by atoms with Crippen LogP contribution < -0.4 is 10.6 Å². The van der Waals surface area contributed by atoms with Gasteiger partial charge in [-0.05, 0) is 25.7 Å². The zero-order valence-electron chi connectivity index (χ0n) is 11.9. The standard InChI is InChI=1S/C14H25N3O2/c1-10(2)15-8-7-13(18)17-9-3-4-12(17)14(19)16-11-5-6-11/h10-12,15H,3-9H2,1-2H3,(H,16,19). The van der Waals surface area contributed by atoms with Crippen molar-refractivity contribution in [1.29, 1.82) is 0 Å². The fraction of sp³-hybridized carbons (Fsp3) is 0.857. The van der Waals surface area contributed by atoms with Gasteiger partial charge in [-0.2, -0.15) is 0 Å². The summed E-state index contributed by atoms with van der Waals surface area (Å²) in [4.78, 5) is 26.0. The molecule has 19 heavy (non-hydrogen) atoms. The summed E-state index contributed by atoms with van der Waals surface area (Å²) in [6.45, 7) is 5.53. The molecule has 1 aliphatic carbocycles. The monoisotopic (exact) mass is 267 g/mol. The van der Waals surface area contributed by atoms with E-state index in [-0.39, 0.29) is 17.9 Å². The lowest BCUT2D eigenvalue weighted by Gasteiger charge is -2.24. The van der Waals surface area contributed by atoms with Gasteiger partial charge in [-0.25, -0.2) is 0 Å². The van der Waals surface area contributed by atoms with Crippen molar-refractivity contribution in [3.63, 3.8) is 0 Å². The van der Waals surface area contributed by atoms with E-state index in [2.05, 4.69) is 24.5 Å². The first-order valence-corrected chi connectivity index (χ1v) is 7.41. The summed E-state index contributed by atoms with van der Waals surface area (Å²) in [5.74, 6) is 0.145. The number of nitrogens with one attached hydrogen (secondary N) is 2. The quantitative estimate of drug-likeness (QED) is 0.742. The second kappa shape index (κ2) is 6.37. The number of rotatable bonds is 6. The summed E-state index contributed by atoms with van der Waals surface area (Å²) in [6.07, 6.45) is 4.40. The Hall–Kier alpha value is -1.10. The van der Waals surface area contributed by atoms with Gasteiger partial charge in [0.25, 0.3) is 0 Å². The lowest BCUT2D eigenvalue weighted by atomic mass is 10.2. The molecule has 1 aliphatic heterocycles. The lowest BCUT2D eigenvalue weighted by Crippen LogP contribution is -2.47. The maximum absolute atomic E-state index is 12.1. The van der Waals surface area contributed by atoms with Crippen LogP contribution in [0.5, 0.6) is 0 Å². The number of hydrogen-bond donors (Lipinski definition) is 2. The van der Waals surface area contributed by atoms with Crippen LogP contribution in [0.15, 0.2) is 0 Å². The molecule has 5 nitrogen and oxygen atoms in total. The molecule has 0 aromatic heterocycles. The maximum Gasteiger partial charge on any atom is 0.243 e. The number of nitrogens with zero attached hydrogens (tertiary/aromatic N) is 1. The molecule has 0 bridgehead atoms. The van der Waals surface area contributed by atoms with Crippen LogP contribution >= 0.6 is 0 Å². The van der Waals surface area contributed by atoms with Crippen molar-refractivity contribution in [2.75, 3.05) is 13.1 Å². The number of carbonyl (C=O) groups excluding carboxylic acids is 2. The normalized spacial score (nSPS) is 22.9. The Labute approximate surface area is 115 Å². The predicted molar refractivity (Wildman–Crippen MR) is 73.7 cm³/mol. The van der Waals surface area contributed by atoms with Crippen LogP contribution in [0, 0.1) is 0 Å². The van der Waals surface area contributed by atoms with E-state index < -0.39 is 0 Å². The van der Waals surface area contributed by atoms with Gasteiger partial charge in [0.05, 0.1) is 0 Å². The molecule has 0 aromatic rings. The molecule has 2 aliphatic rings. The summed E-state index contributed by atoms with van der Waals surface area (Å²) in [5, 5.41) is 6.24. The molecule has 1 atom stereocenters. The molecule has 1 heterocycles. The predicted octanol–water partition coefficient (Wildman–Crippen LogP) is 0.644. The summed E-state index contributed by atoms with van der Waals surface area (Å²) < 4.78 is 0. The van der Waals surface area contributed by atoms with Crippen LogP contribution in [0.1, 0.15) is 46.0 Å². The third-order valence-electron chi connectivity index (χ3n) is 3.69. The van der Waals surface area contributed by atoms with E-state index in [0.717, 1.165) is 32.2 Å². The molecule has 2 amide bonds. The van der Waals surface area contributed by atoms with E-state index in [9.17, 15) is 9.59 Å². The first-order valence-electron chi connectivity index (χ1n) is 7.41. The Morgan fingerprint density at radius 3 is 2.63 bits per heavy atom. The molecular weight excluding hydrogens is 242 g/mol. The Balaban J connectivity index is 1.79. The molecule has 2 N–H and O–H groups in total. The molecular formula is C14H25N3O2. The highest BCUT2D eigenvalue weighted by Gasteiger charge is 2.35. The number of hydrogen-bond acceptors (Lipinski definition) is 3. The Morgan fingerprint density at radius 2 is 2.00 bits per heavy atom. The minimum Gasteiger partial charge on any atom is -0.352 e. The van der Waals surface area contributed by atoms with Crippen molar-refractivity contribution in [1.82, 2.24) is 15.5 Å². The van der Waals surface area contributed by atoms with Crippen molar-refractivity contribution in [3.05, 3.63) is 0 Å².